The molecule has 0 rings (SSSR count). The summed E-state index contributed by atoms with van der Waals surface area (Å²) in [7, 11) is 0. The molecule has 3 heteroatoms. The number of alkyl halides is 1. The van der Waals surface area contributed by atoms with Crippen molar-refractivity contribution in [3.8, 4) is 0 Å². The Morgan fingerprint density at radius 3 is 1.25 bits per heavy atom. The van der Waals surface area contributed by atoms with Crippen molar-refractivity contribution in [2.45, 2.75) is 29.9 Å². The molecule has 0 spiro atoms. The van der Waals surface area contributed by atoms with Crippen LogP contribution in [0.5, 0.6) is 0 Å². The first-order valence-corrected chi connectivity index (χ1v) is 3.60. The molecule has 0 aromatic carbocycles. The zero-order chi connectivity index (χ0) is 7.00. The second-order valence-electron chi connectivity index (χ2n) is 2.80. The van der Waals surface area contributed by atoms with E-state index in [2.05, 4.69) is 22.6 Å². The number of hydrogen-bond acceptors (Lipinski definition) is 2. The molecule has 0 aromatic rings. The number of hydrogen-bond donors (Lipinski definition) is 2. The van der Waals surface area contributed by atoms with E-state index in [1.165, 1.54) is 0 Å². The normalized spacial score (nSPS) is 20.2. The molecule has 0 aromatic heterocycles. The molecule has 2 nitrogen and oxygen atoms in total. The monoisotopic (exact) mass is 228 g/mol. The Morgan fingerprint density at radius 2 is 1.25 bits per heavy atom. The molecule has 50 valence electrons. The van der Waals surface area contributed by atoms with E-state index in [0.29, 0.717) is 0 Å². The van der Waals surface area contributed by atoms with E-state index in [9.17, 15) is 0 Å². The lowest BCUT2D eigenvalue weighted by Gasteiger charge is -2.32. The van der Waals surface area contributed by atoms with Crippen LogP contribution < -0.4 is 11.5 Å². The molecule has 0 bridgehead atoms. The molecule has 0 heterocycles. The van der Waals surface area contributed by atoms with E-state index in [1.807, 2.05) is 20.8 Å². The van der Waals surface area contributed by atoms with Crippen LogP contribution >= 0.6 is 22.6 Å². The first-order chi connectivity index (χ1) is 3.25. The maximum atomic E-state index is 5.68. The zero-order valence-corrected chi connectivity index (χ0v) is 7.69. The fourth-order valence-electron chi connectivity index (χ4n) is 0. The lowest BCUT2D eigenvalue weighted by Crippen LogP contribution is -2.56. The molecule has 0 amide bonds. The summed E-state index contributed by atoms with van der Waals surface area (Å²) < 4.78 is -0.315. The Labute approximate surface area is 64.1 Å². The van der Waals surface area contributed by atoms with Crippen molar-refractivity contribution in [1.29, 1.82) is 0 Å². The lowest BCUT2D eigenvalue weighted by molar-refractivity contribution is 0.416. The van der Waals surface area contributed by atoms with Gasteiger partial charge in [-0.05, 0) is 20.8 Å². The Hall–Kier alpha value is 0.650. The highest BCUT2D eigenvalue weighted by molar-refractivity contribution is 14.1. The van der Waals surface area contributed by atoms with E-state index >= 15 is 0 Å². The van der Waals surface area contributed by atoms with Gasteiger partial charge in [-0.15, -0.1) is 0 Å². The summed E-state index contributed by atoms with van der Waals surface area (Å²) in [4.78, 5) is 0. The zero-order valence-electron chi connectivity index (χ0n) is 5.53. The molecule has 1 unspecified atom stereocenters. The minimum absolute atomic E-state index is 0.298. The standard InChI is InChI=1S/C5H13IN2/c1-4(2,7)5(3,6)8/h7-8H2,1-3H3. The molecule has 4 N–H and O–H groups in total. The summed E-state index contributed by atoms with van der Waals surface area (Å²) in [5.41, 5.74) is 11.1. The molecule has 0 aliphatic rings. The van der Waals surface area contributed by atoms with Gasteiger partial charge in [-0.25, -0.2) is 0 Å². The summed E-state index contributed by atoms with van der Waals surface area (Å²) in [6.07, 6.45) is 0. The molecule has 0 aliphatic carbocycles. The quantitative estimate of drug-likeness (QED) is 0.397. The van der Waals surface area contributed by atoms with Gasteiger partial charge in [0, 0.05) is 5.54 Å². The average molecular weight is 228 g/mol. The van der Waals surface area contributed by atoms with Gasteiger partial charge < -0.3 is 11.5 Å². The van der Waals surface area contributed by atoms with Gasteiger partial charge >= 0.3 is 0 Å². The van der Waals surface area contributed by atoms with Gasteiger partial charge in [-0.1, -0.05) is 22.6 Å². The molecule has 8 heavy (non-hydrogen) atoms. The van der Waals surface area contributed by atoms with Crippen molar-refractivity contribution in [1.82, 2.24) is 0 Å². The van der Waals surface area contributed by atoms with Crippen LogP contribution in [0.2, 0.25) is 0 Å². The summed E-state index contributed by atoms with van der Waals surface area (Å²) >= 11 is 2.14. The van der Waals surface area contributed by atoms with Crippen molar-refractivity contribution < 1.29 is 0 Å². The van der Waals surface area contributed by atoms with Crippen molar-refractivity contribution in [2.24, 2.45) is 11.5 Å². The molecule has 1 atom stereocenters. The van der Waals surface area contributed by atoms with E-state index in [-0.39, 0.29) is 9.08 Å². The minimum Gasteiger partial charge on any atom is -0.323 e. The predicted octanol–water partition coefficient (Wildman–Crippen LogP) is 0.834. The van der Waals surface area contributed by atoms with Crippen LogP contribution in [-0.2, 0) is 0 Å². The maximum absolute atomic E-state index is 5.68. The third-order valence-corrected chi connectivity index (χ3v) is 2.65. The summed E-state index contributed by atoms with van der Waals surface area (Å²) in [5.74, 6) is 0. The smallest absolute Gasteiger partial charge is 0.0828 e. The first-order valence-electron chi connectivity index (χ1n) is 2.52. The highest BCUT2D eigenvalue weighted by atomic mass is 127. The van der Waals surface area contributed by atoms with E-state index in [4.69, 9.17) is 11.5 Å². The molecule has 0 radical (unpaired) electrons. The fraction of sp³-hybridized carbons (Fsp3) is 1.00. The van der Waals surface area contributed by atoms with Gasteiger partial charge in [0.05, 0.1) is 3.55 Å². The summed E-state index contributed by atoms with van der Waals surface area (Å²) in [5, 5.41) is 0. The number of nitrogens with two attached hydrogens (primary N) is 2. The summed E-state index contributed by atoms with van der Waals surface area (Å²) in [6.45, 7) is 5.74. The Bertz CT molecular complexity index is 65.4. The minimum atomic E-state index is -0.315. The van der Waals surface area contributed by atoms with Crippen LogP contribution in [0.3, 0.4) is 0 Å². The summed E-state index contributed by atoms with van der Waals surface area (Å²) in [6, 6.07) is 0. The van der Waals surface area contributed by atoms with E-state index < -0.39 is 0 Å². The van der Waals surface area contributed by atoms with Gasteiger partial charge in [-0.2, -0.15) is 0 Å². The largest absolute Gasteiger partial charge is 0.323 e. The van der Waals surface area contributed by atoms with Crippen LogP contribution in [0.25, 0.3) is 0 Å². The van der Waals surface area contributed by atoms with Crippen LogP contribution in [0, 0.1) is 0 Å². The lowest BCUT2D eigenvalue weighted by atomic mass is 9.99. The van der Waals surface area contributed by atoms with Crippen LogP contribution in [0.15, 0.2) is 0 Å². The Morgan fingerprint density at radius 1 is 1.12 bits per heavy atom. The van der Waals surface area contributed by atoms with Gasteiger partial charge in [0.2, 0.25) is 0 Å². The first kappa shape index (κ1) is 8.65. The van der Waals surface area contributed by atoms with Gasteiger partial charge in [0.15, 0.2) is 0 Å². The van der Waals surface area contributed by atoms with Crippen molar-refractivity contribution in [3.05, 3.63) is 0 Å². The highest BCUT2D eigenvalue weighted by Gasteiger charge is 2.30. The maximum Gasteiger partial charge on any atom is 0.0828 e. The molecular formula is C5H13IN2. The average Bonchev–Trinajstić information content (AvgIpc) is 1.25. The third-order valence-electron chi connectivity index (χ3n) is 1.26. The Balaban J connectivity index is 4.02. The fourth-order valence-corrected chi connectivity index (χ4v) is 0. The van der Waals surface area contributed by atoms with E-state index in [1.54, 1.807) is 0 Å². The number of halogens is 1. The van der Waals surface area contributed by atoms with Crippen LogP contribution in [0.4, 0.5) is 0 Å². The molecule has 0 saturated carbocycles. The van der Waals surface area contributed by atoms with Crippen LogP contribution in [-0.4, -0.2) is 9.08 Å². The molecular weight excluding hydrogens is 215 g/mol. The molecule has 0 fully saturated rings. The van der Waals surface area contributed by atoms with Crippen molar-refractivity contribution in [2.75, 3.05) is 0 Å². The van der Waals surface area contributed by atoms with E-state index in [0.717, 1.165) is 0 Å². The van der Waals surface area contributed by atoms with Crippen LogP contribution in [0.1, 0.15) is 20.8 Å². The van der Waals surface area contributed by atoms with Gasteiger partial charge in [-0.3, -0.25) is 0 Å². The molecule has 0 saturated heterocycles. The molecule has 0 aliphatic heterocycles. The Kier molecular flexibility index (Phi) is 2.29. The number of rotatable bonds is 1. The predicted molar refractivity (Wildman–Crippen MR) is 44.9 cm³/mol. The van der Waals surface area contributed by atoms with Gasteiger partial charge in [0.1, 0.15) is 0 Å². The topological polar surface area (TPSA) is 52.0 Å². The second-order valence-corrected chi connectivity index (χ2v) is 5.04. The van der Waals surface area contributed by atoms with Crippen molar-refractivity contribution >= 4 is 22.6 Å². The highest BCUT2D eigenvalue weighted by Crippen LogP contribution is 2.22. The SMILES string of the molecule is CC(C)(N)C(C)(N)I. The van der Waals surface area contributed by atoms with Crippen molar-refractivity contribution in [3.63, 3.8) is 0 Å². The second kappa shape index (κ2) is 2.11. The third kappa shape index (κ3) is 2.28. The van der Waals surface area contributed by atoms with Gasteiger partial charge in [0.25, 0.3) is 0 Å².